The molecule has 0 spiro atoms. The zero-order chi connectivity index (χ0) is 18.4. The molecule has 3 heterocycles. The van der Waals surface area contributed by atoms with Crippen LogP contribution in [0.15, 0.2) is 17.5 Å². The van der Waals surface area contributed by atoms with Crippen LogP contribution in [0, 0.1) is 18.6 Å². The molecule has 138 valence electrons. The summed E-state index contributed by atoms with van der Waals surface area (Å²) in [5, 5.41) is 2.76. The van der Waals surface area contributed by atoms with E-state index in [9.17, 15) is 13.2 Å². The SMILES string of the molecule is Cc1csc(Cn2c(N3CC[C@@H](F)[C@H](N)C3)nc3cc(F)c(F)cc32)n1. The molecular formula is C17H18F3N5S. The van der Waals surface area contributed by atoms with E-state index in [1.807, 2.05) is 17.2 Å². The zero-order valence-corrected chi connectivity index (χ0v) is 14.9. The van der Waals surface area contributed by atoms with E-state index >= 15 is 0 Å². The molecule has 1 aliphatic heterocycles. The molecule has 5 nitrogen and oxygen atoms in total. The van der Waals surface area contributed by atoms with Crippen molar-refractivity contribution in [3.8, 4) is 0 Å². The highest BCUT2D eigenvalue weighted by Gasteiger charge is 2.29. The van der Waals surface area contributed by atoms with Gasteiger partial charge in [-0.1, -0.05) is 0 Å². The molecule has 4 rings (SSSR count). The van der Waals surface area contributed by atoms with Gasteiger partial charge < -0.3 is 15.2 Å². The van der Waals surface area contributed by atoms with Crippen LogP contribution in [0.1, 0.15) is 17.1 Å². The maximum absolute atomic E-state index is 13.8. The number of hydrogen-bond donors (Lipinski definition) is 1. The molecule has 2 aromatic heterocycles. The number of anilines is 1. The highest BCUT2D eigenvalue weighted by molar-refractivity contribution is 7.09. The molecule has 1 fully saturated rings. The maximum atomic E-state index is 13.8. The second kappa shape index (κ2) is 6.55. The Bertz CT molecular complexity index is 953. The third-order valence-corrected chi connectivity index (χ3v) is 5.53. The molecule has 0 aliphatic carbocycles. The van der Waals surface area contributed by atoms with Gasteiger partial charge in [-0.05, 0) is 13.3 Å². The summed E-state index contributed by atoms with van der Waals surface area (Å²) in [6.45, 7) is 3.01. The summed E-state index contributed by atoms with van der Waals surface area (Å²) in [5.41, 5.74) is 7.59. The van der Waals surface area contributed by atoms with Crippen molar-refractivity contribution < 1.29 is 13.2 Å². The number of nitrogens with two attached hydrogens (primary N) is 1. The van der Waals surface area contributed by atoms with Gasteiger partial charge in [-0.2, -0.15) is 0 Å². The van der Waals surface area contributed by atoms with Crippen molar-refractivity contribution >= 4 is 28.3 Å². The van der Waals surface area contributed by atoms with E-state index in [1.165, 1.54) is 11.3 Å². The van der Waals surface area contributed by atoms with E-state index in [0.29, 0.717) is 43.0 Å². The number of piperidine rings is 1. The fourth-order valence-electron chi connectivity index (χ4n) is 3.25. The number of benzene rings is 1. The van der Waals surface area contributed by atoms with Crippen LogP contribution in [0.5, 0.6) is 0 Å². The first kappa shape index (κ1) is 17.3. The number of aryl methyl sites for hydroxylation is 1. The lowest BCUT2D eigenvalue weighted by atomic mass is 10.1. The molecule has 1 aliphatic rings. The Labute approximate surface area is 152 Å². The van der Waals surface area contributed by atoms with Gasteiger partial charge >= 0.3 is 0 Å². The molecule has 0 unspecified atom stereocenters. The molecule has 1 saturated heterocycles. The number of imidazole rings is 1. The summed E-state index contributed by atoms with van der Waals surface area (Å²) < 4.78 is 43.0. The summed E-state index contributed by atoms with van der Waals surface area (Å²) in [7, 11) is 0. The van der Waals surface area contributed by atoms with E-state index in [2.05, 4.69) is 9.97 Å². The fourth-order valence-corrected chi connectivity index (χ4v) is 4.01. The molecule has 0 amide bonds. The Balaban J connectivity index is 1.81. The second-order valence-electron chi connectivity index (χ2n) is 6.55. The predicted molar refractivity (Wildman–Crippen MR) is 95.3 cm³/mol. The molecule has 2 atom stereocenters. The van der Waals surface area contributed by atoms with Gasteiger partial charge in [0.2, 0.25) is 5.95 Å². The Morgan fingerprint density at radius 3 is 2.73 bits per heavy atom. The topological polar surface area (TPSA) is 60.0 Å². The fraction of sp³-hybridized carbons (Fsp3) is 0.412. The number of aromatic nitrogens is 3. The average Bonchev–Trinajstić information content (AvgIpc) is 3.15. The molecule has 0 bridgehead atoms. The number of nitrogens with zero attached hydrogens (tertiary/aromatic N) is 4. The van der Waals surface area contributed by atoms with Crippen molar-refractivity contribution in [3.63, 3.8) is 0 Å². The van der Waals surface area contributed by atoms with Crippen molar-refractivity contribution in [3.05, 3.63) is 39.8 Å². The van der Waals surface area contributed by atoms with Gasteiger partial charge in [0.05, 0.1) is 23.6 Å². The summed E-state index contributed by atoms with van der Waals surface area (Å²) in [6, 6.07) is 1.61. The summed E-state index contributed by atoms with van der Waals surface area (Å²) in [4.78, 5) is 10.8. The van der Waals surface area contributed by atoms with Gasteiger partial charge in [0, 0.05) is 36.3 Å². The van der Waals surface area contributed by atoms with Gasteiger partial charge in [-0.25, -0.2) is 23.1 Å². The molecule has 3 aromatic rings. The molecule has 0 saturated carbocycles. The van der Waals surface area contributed by atoms with Crippen LogP contribution in [0.25, 0.3) is 11.0 Å². The average molecular weight is 381 g/mol. The van der Waals surface area contributed by atoms with Crippen LogP contribution in [0.2, 0.25) is 0 Å². The van der Waals surface area contributed by atoms with Gasteiger partial charge in [0.15, 0.2) is 11.6 Å². The standard InChI is InChI=1S/C17H18F3N5S/c1-9-8-26-16(22-9)7-25-15-5-12(20)11(19)4-14(15)23-17(25)24-3-2-10(18)13(21)6-24/h4-5,8,10,13H,2-3,6-7,21H2,1H3/t10-,13-/m1/s1. The van der Waals surface area contributed by atoms with Crippen molar-refractivity contribution in [1.29, 1.82) is 0 Å². The van der Waals surface area contributed by atoms with E-state index < -0.39 is 23.8 Å². The third-order valence-electron chi connectivity index (χ3n) is 4.58. The minimum Gasteiger partial charge on any atom is -0.340 e. The first-order valence-electron chi connectivity index (χ1n) is 8.33. The largest absolute Gasteiger partial charge is 0.340 e. The van der Waals surface area contributed by atoms with Crippen LogP contribution in [-0.2, 0) is 6.54 Å². The van der Waals surface area contributed by atoms with E-state index in [4.69, 9.17) is 5.73 Å². The van der Waals surface area contributed by atoms with Crippen molar-refractivity contribution in [2.45, 2.75) is 32.1 Å². The Kier molecular flexibility index (Phi) is 4.36. The van der Waals surface area contributed by atoms with Crippen LogP contribution >= 0.6 is 11.3 Å². The van der Waals surface area contributed by atoms with Crippen LogP contribution in [-0.4, -0.2) is 39.8 Å². The number of halogens is 3. The molecule has 2 N–H and O–H groups in total. The van der Waals surface area contributed by atoms with Gasteiger partial charge in [0.25, 0.3) is 0 Å². The molecule has 9 heteroatoms. The van der Waals surface area contributed by atoms with E-state index in [1.54, 1.807) is 4.57 Å². The summed E-state index contributed by atoms with van der Waals surface area (Å²) in [6.07, 6.45) is -0.760. The second-order valence-corrected chi connectivity index (χ2v) is 7.49. The molecule has 26 heavy (non-hydrogen) atoms. The van der Waals surface area contributed by atoms with Gasteiger partial charge in [0.1, 0.15) is 11.2 Å². The lowest BCUT2D eigenvalue weighted by molar-refractivity contribution is 0.243. The van der Waals surface area contributed by atoms with Crippen molar-refractivity contribution in [2.24, 2.45) is 5.73 Å². The van der Waals surface area contributed by atoms with Crippen LogP contribution < -0.4 is 10.6 Å². The number of thiazole rings is 1. The van der Waals surface area contributed by atoms with Crippen molar-refractivity contribution in [2.75, 3.05) is 18.0 Å². The summed E-state index contributed by atoms with van der Waals surface area (Å²) in [5.74, 6) is -1.35. The zero-order valence-electron chi connectivity index (χ0n) is 14.1. The minimum atomic E-state index is -1.06. The number of fused-ring (bicyclic) bond motifs is 1. The first-order valence-corrected chi connectivity index (χ1v) is 9.21. The lowest BCUT2D eigenvalue weighted by Crippen LogP contribution is -2.50. The van der Waals surface area contributed by atoms with E-state index in [0.717, 1.165) is 22.8 Å². The minimum absolute atomic E-state index is 0.295. The summed E-state index contributed by atoms with van der Waals surface area (Å²) >= 11 is 1.49. The van der Waals surface area contributed by atoms with Gasteiger partial charge in [-0.3, -0.25) is 0 Å². The highest BCUT2D eigenvalue weighted by atomic mass is 32.1. The Hall–Kier alpha value is -2.13. The molecule has 1 aromatic carbocycles. The Morgan fingerprint density at radius 2 is 2.04 bits per heavy atom. The van der Waals surface area contributed by atoms with Crippen molar-refractivity contribution in [1.82, 2.24) is 14.5 Å². The smallest absolute Gasteiger partial charge is 0.207 e. The third kappa shape index (κ3) is 3.05. The van der Waals surface area contributed by atoms with Gasteiger partial charge in [-0.15, -0.1) is 11.3 Å². The molecular weight excluding hydrogens is 363 g/mol. The Morgan fingerprint density at radius 1 is 1.27 bits per heavy atom. The number of rotatable bonds is 3. The molecule has 0 radical (unpaired) electrons. The predicted octanol–water partition coefficient (Wildman–Crippen LogP) is 3.00. The first-order chi connectivity index (χ1) is 12.4. The normalized spacial score (nSPS) is 20.9. The number of hydrogen-bond acceptors (Lipinski definition) is 5. The quantitative estimate of drug-likeness (QED) is 0.758. The van der Waals surface area contributed by atoms with Crippen LogP contribution in [0.4, 0.5) is 19.1 Å². The monoisotopic (exact) mass is 381 g/mol. The number of alkyl halides is 1. The highest BCUT2D eigenvalue weighted by Crippen LogP contribution is 2.29. The maximum Gasteiger partial charge on any atom is 0.207 e. The lowest BCUT2D eigenvalue weighted by Gasteiger charge is -2.34. The van der Waals surface area contributed by atoms with Crippen LogP contribution in [0.3, 0.4) is 0 Å². The van der Waals surface area contributed by atoms with E-state index in [-0.39, 0.29) is 0 Å².